The number of ether oxygens (including phenoxy) is 1. The number of carbonyl (C=O) groups excluding carboxylic acids is 1. The Bertz CT molecular complexity index is 488. The van der Waals surface area contributed by atoms with Crippen LogP contribution in [0.25, 0.3) is 0 Å². The summed E-state index contributed by atoms with van der Waals surface area (Å²) in [6.07, 6.45) is 7.19. The van der Waals surface area contributed by atoms with Gasteiger partial charge < -0.3 is 15.4 Å². The number of amides is 2. The lowest BCUT2D eigenvalue weighted by Gasteiger charge is -2.19. The van der Waals surface area contributed by atoms with Gasteiger partial charge in [0.2, 0.25) is 0 Å². The van der Waals surface area contributed by atoms with Gasteiger partial charge >= 0.3 is 6.03 Å². The first kappa shape index (κ1) is 13.4. The molecule has 2 heterocycles. The lowest BCUT2D eigenvalue weighted by molar-refractivity contribution is 0.0825. The van der Waals surface area contributed by atoms with Crippen molar-refractivity contribution in [2.24, 2.45) is 5.92 Å². The van der Waals surface area contributed by atoms with Crippen LogP contribution in [-0.4, -0.2) is 29.8 Å². The number of hydrogen-bond acceptors (Lipinski definition) is 3. The fourth-order valence-electron chi connectivity index (χ4n) is 2.77. The first-order chi connectivity index (χ1) is 9.72. The Balaban J connectivity index is 1.47. The Morgan fingerprint density at radius 2 is 2.25 bits per heavy atom. The van der Waals surface area contributed by atoms with E-state index in [0.29, 0.717) is 12.5 Å². The second-order valence-corrected chi connectivity index (χ2v) is 5.77. The second-order valence-electron chi connectivity index (χ2n) is 5.77. The molecular weight excluding hydrogens is 254 g/mol. The highest BCUT2D eigenvalue weighted by Crippen LogP contribution is 2.38. The van der Waals surface area contributed by atoms with Gasteiger partial charge in [-0.05, 0) is 43.2 Å². The van der Waals surface area contributed by atoms with Crippen molar-refractivity contribution in [2.75, 3.05) is 6.61 Å². The molecule has 108 valence electrons. The summed E-state index contributed by atoms with van der Waals surface area (Å²) in [4.78, 5) is 16.1. The Kier molecular flexibility index (Phi) is 3.87. The van der Waals surface area contributed by atoms with Crippen molar-refractivity contribution in [2.45, 2.75) is 44.9 Å². The average Bonchev–Trinajstić information content (AvgIpc) is 3.17. The third-order valence-corrected chi connectivity index (χ3v) is 3.92. The van der Waals surface area contributed by atoms with E-state index in [9.17, 15) is 4.79 Å². The van der Waals surface area contributed by atoms with E-state index in [1.165, 1.54) is 12.8 Å². The molecular formula is C15H21N3O2. The van der Waals surface area contributed by atoms with E-state index in [1.807, 2.05) is 13.0 Å². The number of nitrogens with zero attached hydrogens (tertiary/aromatic N) is 1. The van der Waals surface area contributed by atoms with Crippen LogP contribution in [0, 0.1) is 12.8 Å². The van der Waals surface area contributed by atoms with Crippen LogP contribution < -0.4 is 10.6 Å². The molecule has 2 N–H and O–H groups in total. The topological polar surface area (TPSA) is 63.2 Å². The maximum atomic E-state index is 11.9. The largest absolute Gasteiger partial charge is 0.376 e. The molecule has 0 aromatic carbocycles. The minimum atomic E-state index is -0.118. The van der Waals surface area contributed by atoms with E-state index in [2.05, 4.69) is 15.6 Å². The smallest absolute Gasteiger partial charge is 0.315 e. The van der Waals surface area contributed by atoms with Crippen molar-refractivity contribution in [1.82, 2.24) is 15.6 Å². The number of aromatic nitrogens is 1. The van der Waals surface area contributed by atoms with Crippen LogP contribution in [0.4, 0.5) is 4.79 Å². The predicted octanol–water partition coefficient (Wildman–Crippen LogP) is 1.76. The fraction of sp³-hybridized carbons (Fsp3) is 0.600. The molecule has 2 fully saturated rings. The summed E-state index contributed by atoms with van der Waals surface area (Å²) < 4.78 is 5.72. The molecule has 2 aliphatic rings. The average molecular weight is 275 g/mol. The van der Waals surface area contributed by atoms with Crippen LogP contribution in [0.5, 0.6) is 0 Å². The minimum Gasteiger partial charge on any atom is -0.376 e. The standard InChI is InChI=1S/C15H21N3O2/c1-10-6-11(8-16-7-10)9-17-15(19)18-13-4-5-20-14(13)12-2-3-12/h6-8,12-14H,2-5,9H2,1H3,(H2,17,18,19)/t13-,14-/m0/s1. The number of nitrogens with one attached hydrogen (secondary N) is 2. The Morgan fingerprint density at radius 1 is 1.40 bits per heavy atom. The first-order valence-electron chi connectivity index (χ1n) is 7.29. The van der Waals surface area contributed by atoms with Gasteiger partial charge in [-0.1, -0.05) is 6.07 Å². The van der Waals surface area contributed by atoms with E-state index in [4.69, 9.17) is 4.74 Å². The van der Waals surface area contributed by atoms with E-state index in [-0.39, 0.29) is 18.2 Å². The number of urea groups is 1. The van der Waals surface area contributed by atoms with Crippen molar-refractivity contribution in [3.63, 3.8) is 0 Å². The Labute approximate surface area is 119 Å². The van der Waals surface area contributed by atoms with Gasteiger partial charge in [0, 0.05) is 25.5 Å². The van der Waals surface area contributed by atoms with Crippen molar-refractivity contribution in [1.29, 1.82) is 0 Å². The quantitative estimate of drug-likeness (QED) is 0.880. The Morgan fingerprint density at radius 3 is 3.00 bits per heavy atom. The third-order valence-electron chi connectivity index (χ3n) is 3.92. The van der Waals surface area contributed by atoms with Crippen molar-refractivity contribution in [3.8, 4) is 0 Å². The van der Waals surface area contributed by atoms with Gasteiger partial charge in [-0.25, -0.2) is 4.79 Å². The van der Waals surface area contributed by atoms with E-state index in [1.54, 1.807) is 12.4 Å². The monoisotopic (exact) mass is 275 g/mol. The molecule has 1 aromatic rings. The van der Waals surface area contributed by atoms with Crippen LogP contribution in [0.1, 0.15) is 30.4 Å². The van der Waals surface area contributed by atoms with Gasteiger partial charge in [0.25, 0.3) is 0 Å². The molecule has 1 aromatic heterocycles. The summed E-state index contributed by atoms with van der Waals surface area (Å²) in [7, 11) is 0. The molecule has 0 bridgehead atoms. The van der Waals surface area contributed by atoms with Crippen LogP contribution in [0.2, 0.25) is 0 Å². The first-order valence-corrected chi connectivity index (χ1v) is 7.29. The van der Waals surface area contributed by atoms with Gasteiger partial charge in [0.05, 0.1) is 12.1 Å². The van der Waals surface area contributed by atoms with Crippen molar-refractivity contribution >= 4 is 6.03 Å². The molecule has 2 amide bonds. The number of aryl methyl sites for hydroxylation is 1. The number of pyridine rings is 1. The van der Waals surface area contributed by atoms with Crippen molar-refractivity contribution < 1.29 is 9.53 Å². The van der Waals surface area contributed by atoms with E-state index >= 15 is 0 Å². The lowest BCUT2D eigenvalue weighted by atomic mass is 10.1. The molecule has 1 aliphatic heterocycles. The predicted molar refractivity (Wildman–Crippen MR) is 75.2 cm³/mol. The lowest BCUT2D eigenvalue weighted by Crippen LogP contribution is -2.46. The van der Waals surface area contributed by atoms with Crippen LogP contribution in [0.3, 0.4) is 0 Å². The van der Waals surface area contributed by atoms with Gasteiger partial charge in [0.15, 0.2) is 0 Å². The Hall–Kier alpha value is -1.62. The molecule has 2 atom stereocenters. The number of carbonyl (C=O) groups is 1. The number of hydrogen-bond donors (Lipinski definition) is 2. The second kappa shape index (κ2) is 5.79. The van der Waals surface area contributed by atoms with E-state index in [0.717, 1.165) is 24.2 Å². The van der Waals surface area contributed by atoms with Crippen molar-refractivity contribution in [3.05, 3.63) is 29.6 Å². The normalized spacial score (nSPS) is 25.4. The SMILES string of the molecule is Cc1cncc(CNC(=O)N[C@H]2CCO[C@H]2C2CC2)c1. The fourth-order valence-corrected chi connectivity index (χ4v) is 2.77. The molecule has 5 nitrogen and oxygen atoms in total. The summed E-state index contributed by atoms with van der Waals surface area (Å²) in [5, 5.41) is 5.93. The van der Waals surface area contributed by atoms with Gasteiger partial charge in [0.1, 0.15) is 0 Å². The van der Waals surface area contributed by atoms with Crippen LogP contribution >= 0.6 is 0 Å². The molecule has 20 heavy (non-hydrogen) atoms. The summed E-state index contributed by atoms with van der Waals surface area (Å²) in [6.45, 7) is 3.25. The highest BCUT2D eigenvalue weighted by Gasteiger charge is 2.41. The van der Waals surface area contributed by atoms with Gasteiger partial charge in [-0.15, -0.1) is 0 Å². The molecule has 0 unspecified atom stereocenters. The molecule has 1 aliphatic carbocycles. The summed E-state index contributed by atoms with van der Waals surface area (Å²) in [5.74, 6) is 0.656. The zero-order valence-corrected chi connectivity index (χ0v) is 11.8. The van der Waals surface area contributed by atoms with Crippen LogP contribution in [-0.2, 0) is 11.3 Å². The van der Waals surface area contributed by atoms with Crippen LogP contribution in [0.15, 0.2) is 18.5 Å². The highest BCUT2D eigenvalue weighted by molar-refractivity contribution is 5.74. The molecule has 1 saturated carbocycles. The zero-order chi connectivity index (χ0) is 13.9. The van der Waals surface area contributed by atoms with E-state index < -0.39 is 0 Å². The maximum absolute atomic E-state index is 11.9. The van der Waals surface area contributed by atoms with Gasteiger partial charge in [-0.3, -0.25) is 4.98 Å². The summed E-state index contributed by atoms with van der Waals surface area (Å²) >= 11 is 0. The molecule has 1 saturated heterocycles. The highest BCUT2D eigenvalue weighted by atomic mass is 16.5. The molecule has 5 heteroatoms. The van der Waals surface area contributed by atoms with Gasteiger partial charge in [-0.2, -0.15) is 0 Å². The minimum absolute atomic E-state index is 0.118. The number of rotatable bonds is 4. The summed E-state index contributed by atoms with van der Waals surface area (Å²) in [6, 6.07) is 2.07. The summed E-state index contributed by atoms with van der Waals surface area (Å²) in [5.41, 5.74) is 2.12. The molecule has 3 rings (SSSR count). The zero-order valence-electron chi connectivity index (χ0n) is 11.8. The maximum Gasteiger partial charge on any atom is 0.315 e. The third kappa shape index (κ3) is 3.28. The molecule has 0 radical (unpaired) electrons. The molecule has 0 spiro atoms.